The Bertz CT molecular complexity index is 9.22. The first-order chi connectivity index (χ1) is 0. The maximum atomic E-state index is 0. The summed E-state index contributed by atoms with van der Waals surface area (Å²) in [7, 11) is 0. The molecule has 0 radical (unpaired) electrons. The van der Waals surface area contributed by atoms with Gasteiger partial charge in [0.2, 0.25) is 0 Å². The fraction of sp³-hybridized carbons (Fsp3) is 0. The summed E-state index contributed by atoms with van der Waals surface area (Å²) in [6.07, 6.45) is 0. The van der Waals surface area contributed by atoms with Crippen LogP contribution >= 0.6 is 0 Å². The van der Waals surface area contributed by atoms with Crippen LogP contribution in [0, 0.1) is 0 Å². The monoisotopic (exact) mass is 212 g/mol. The Morgan fingerprint density at radius 2 is 0.300 bits per heavy atom. The van der Waals surface area contributed by atoms with Crippen molar-refractivity contribution in [1.29, 1.82) is 0 Å². The van der Waals surface area contributed by atoms with E-state index in [-0.39, 0.29) is 76.5 Å². The second-order valence-electron chi connectivity index (χ2n) is 0. The van der Waals surface area contributed by atoms with E-state index in [0.717, 1.165) is 0 Å². The summed E-state index contributed by atoms with van der Waals surface area (Å²) in [6.45, 7) is 0. The minimum Gasteiger partial charge on any atom is -0.870 e. The number of rotatable bonds is 0. The average Bonchev–Trinajstić information content (AvgIpc) is 0. The summed E-state index contributed by atoms with van der Waals surface area (Å²) in [4.78, 5) is 0. The molecule has 0 saturated heterocycles. The van der Waals surface area contributed by atoms with Gasteiger partial charge >= 0.3 is 32.7 Å². The molecule has 0 aromatic carbocycles. The molecule has 0 fully saturated rings. The van der Waals surface area contributed by atoms with E-state index in [1.165, 1.54) is 0 Å². The third kappa shape index (κ3) is 1340. The van der Waals surface area contributed by atoms with E-state index < -0.39 is 0 Å². The molecule has 64 valence electrons. The Hall–Kier alpha value is 0.611. The summed E-state index contributed by atoms with van der Waals surface area (Å²) in [5.74, 6) is 0. The maximum absolute atomic E-state index is 0. The predicted octanol–water partition coefficient (Wildman–Crippen LogP) is -1.80. The van der Waals surface area contributed by atoms with Gasteiger partial charge in [-0.15, -0.1) is 0 Å². The van der Waals surface area contributed by atoms with Gasteiger partial charge in [-0.3, -0.25) is 0 Å². The van der Waals surface area contributed by atoms with Crippen molar-refractivity contribution < 1.29 is 65.5 Å². The minimum atomic E-state index is 0. The molecule has 0 bridgehead atoms. The van der Waals surface area contributed by atoms with Crippen LogP contribution in [0.4, 0.5) is 0 Å². The first kappa shape index (κ1) is 2620. The zero-order chi connectivity index (χ0) is 0. The van der Waals surface area contributed by atoms with Crippen LogP contribution < -0.4 is 0 Å². The van der Waals surface area contributed by atoms with Crippen LogP contribution in [-0.4, -0.2) is 54.8 Å². The molecule has 0 amide bonds. The summed E-state index contributed by atoms with van der Waals surface area (Å²) >= 11 is 0. The molecule has 0 heterocycles. The van der Waals surface area contributed by atoms with E-state index in [0.29, 0.717) is 0 Å². The molecule has 0 aromatic heterocycles. The molecule has 0 aliphatic carbocycles. The first-order valence-electron chi connectivity index (χ1n) is 0. The second-order valence-corrected chi connectivity index (χ2v) is 0. The number of hydrogen-bond acceptors (Lipinski definition) is 8. The molecule has 0 aliphatic heterocycles. The van der Waals surface area contributed by atoms with E-state index in [1.54, 1.807) is 0 Å². The zero-order valence-corrected chi connectivity index (χ0v) is 7.14. The summed E-state index contributed by atoms with van der Waals surface area (Å²) in [6, 6.07) is 0. The van der Waals surface area contributed by atoms with Crippen molar-refractivity contribution in [2.24, 2.45) is 0 Å². The Kier molecular flexibility index (Phi) is 501000. The van der Waals surface area contributed by atoms with Gasteiger partial charge in [0.15, 0.2) is 0 Å². The van der Waals surface area contributed by atoms with Crippen LogP contribution in [0.2, 0.25) is 0 Å². The SMILES string of the molecule is [OH-].[OH-].[OH-].[OH-].[OH-].[OH-].[OH-].[OH-].[Si+4].[Ti+4]. The van der Waals surface area contributed by atoms with Crippen LogP contribution in [-0.2, 0) is 21.7 Å². The summed E-state index contributed by atoms with van der Waals surface area (Å²) < 4.78 is 0. The predicted molar refractivity (Wildman–Crippen MR) is 21.2 cm³/mol. The molecule has 8 N–H and O–H groups in total. The van der Waals surface area contributed by atoms with Crippen molar-refractivity contribution in [2.75, 3.05) is 0 Å². The van der Waals surface area contributed by atoms with Crippen molar-refractivity contribution in [3.05, 3.63) is 0 Å². The van der Waals surface area contributed by atoms with E-state index in [2.05, 4.69) is 0 Å². The average molecular weight is 212 g/mol. The molecule has 0 unspecified atom stereocenters. The second kappa shape index (κ2) is 1910. The smallest absolute Gasteiger partial charge is 0.870 e. The van der Waals surface area contributed by atoms with Crippen LogP contribution in [0.1, 0.15) is 0 Å². The van der Waals surface area contributed by atoms with Crippen molar-refractivity contribution in [3.63, 3.8) is 0 Å². The summed E-state index contributed by atoms with van der Waals surface area (Å²) in [5.41, 5.74) is 0. The van der Waals surface area contributed by atoms with Gasteiger partial charge in [0.05, 0.1) is 0 Å². The fourth-order valence-corrected chi connectivity index (χ4v) is 0. The van der Waals surface area contributed by atoms with Crippen LogP contribution in [0.25, 0.3) is 0 Å². The van der Waals surface area contributed by atoms with E-state index >= 15 is 0 Å². The molecule has 10 heavy (non-hydrogen) atoms. The quantitative estimate of drug-likeness (QED) is 0.413. The zero-order valence-electron chi connectivity index (χ0n) is 4.58. The molecular weight excluding hydrogens is 204 g/mol. The van der Waals surface area contributed by atoms with Gasteiger partial charge in [-0.2, -0.15) is 0 Å². The standard InChI is InChI=1S/8H2O.Si.Ti/h8*1H2;;/q;;;;;;;;2*+4/p-8. The molecule has 0 aromatic rings. The van der Waals surface area contributed by atoms with Crippen molar-refractivity contribution >= 4 is 11.0 Å². The van der Waals surface area contributed by atoms with Crippen molar-refractivity contribution in [2.45, 2.75) is 0 Å². The van der Waals surface area contributed by atoms with Crippen LogP contribution in [0.5, 0.6) is 0 Å². The minimum absolute atomic E-state index is 0. The molecule has 0 aliphatic rings. The van der Waals surface area contributed by atoms with Crippen LogP contribution in [0.3, 0.4) is 0 Å². The summed E-state index contributed by atoms with van der Waals surface area (Å²) in [5, 5.41) is 0. The van der Waals surface area contributed by atoms with Gasteiger partial charge in [-0.25, -0.2) is 0 Å². The van der Waals surface area contributed by atoms with E-state index in [4.69, 9.17) is 0 Å². The van der Waals surface area contributed by atoms with E-state index in [9.17, 15) is 0 Å². The molecule has 0 saturated carbocycles. The van der Waals surface area contributed by atoms with Gasteiger partial charge in [0.1, 0.15) is 0 Å². The third-order valence-corrected chi connectivity index (χ3v) is 0. The van der Waals surface area contributed by atoms with Gasteiger partial charge < -0.3 is 43.8 Å². The largest absolute Gasteiger partial charge is 4.00 e. The maximum Gasteiger partial charge on any atom is 4.00 e. The van der Waals surface area contributed by atoms with Crippen LogP contribution in [0.15, 0.2) is 0 Å². The Morgan fingerprint density at radius 1 is 0.300 bits per heavy atom. The van der Waals surface area contributed by atoms with Gasteiger partial charge in [-0.1, -0.05) is 0 Å². The molecule has 8 nitrogen and oxygen atoms in total. The third-order valence-electron chi connectivity index (χ3n) is 0. The molecule has 0 spiro atoms. The first-order valence-corrected chi connectivity index (χ1v) is 0. The number of hydrogen-bond donors (Lipinski definition) is 0. The van der Waals surface area contributed by atoms with Gasteiger partial charge in [0.25, 0.3) is 0 Å². The topological polar surface area (TPSA) is 240 Å². The van der Waals surface area contributed by atoms with Crippen molar-refractivity contribution in [3.8, 4) is 0 Å². The van der Waals surface area contributed by atoms with Gasteiger partial charge in [-0.05, 0) is 0 Å². The van der Waals surface area contributed by atoms with Gasteiger partial charge in [0, 0.05) is 0 Å². The fourth-order valence-electron chi connectivity index (χ4n) is 0. The molecule has 0 rings (SSSR count). The Morgan fingerprint density at radius 3 is 0.300 bits per heavy atom. The normalized spacial score (nSPS) is 0. The Labute approximate surface area is 77.0 Å². The van der Waals surface area contributed by atoms with E-state index in [1.807, 2.05) is 0 Å². The molecule has 10 heteroatoms. The van der Waals surface area contributed by atoms with Crippen molar-refractivity contribution in [1.82, 2.24) is 0 Å². The molecular formula is H8O8SiTi. The molecule has 0 atom stereocenters. The Balaban J connectivity index is 0.